The van der Waals surface area contributed by atoms with Gasteiger partial charge in [-0.25, -0.2) is 8.42 Å². The highest BCUT2D eigenvalue weighted by atomic mass is 35.5. The van der Waals surface area contributed by atoms with E-state index in [1.807, 2.05) is 6.07 Å². The second kappa shape index (κ2) is 8.07. The molecule has 2 aromatic rings. The zero-order valence-electron chi connectivity index (χ0n) is 14.6. The zero-order valence-corrected chi connectivity index (χ0v) is 16.3. The normalized spacial score (nSPS) is 12.8. The maximum atomic E-state index is 12.4. The molecule has 0 unspecified atom stereocenters. The van der Waals surface area contributed by atoms with Crippen molar-refractivity contribution in [2.45, 2.75) is 26.6 Å². The number of aryl methyl sites for hydroxylation is 1. The summed E-state index contributed by atoms with van der Waals surface area (Å²) in [5.41, 5.74) is 5.19. The molecule has 0 aromatic heterocycles. The first-order valence-corrected chi connectivity index (χ1v) is 9.89. The molecule has 6 nitrogen and oxygen atoms in total. The number of nitrogens with one attached hydrogen (secondary N) is 3. The molecular formula is C18H22ClN3O3S. The SMILES string of the molecule is Cc1ccc(C(=O)NCc2ccc3c(c2)CNC3)cc1NS(C)(=O)=O.Cl. The first kappa shape index (κ1) is 20.2. The maximum Gasteiger partial charge on any atom is 0.251 e. The minimum atomic E-state index is -3.39. The molecule has 0 radical (unpaired) electrons. The number of sulfonamides is 1. The number of anilines is 1. The molecule has 3 rings (SSSR count). The van der Waals surface area contributed by atoms with Crippen molar-refractivity contribution in [1.82, 2.24) is 10.6 Å². The van der Waals surface area contributed by atoms with Crippen LogP contribution in [0.2, 0.25) is 0 Å². The van der Waals surface area contributed by atoms with Crippen LogP contribution in [0.4, 0.5) is 5.69 Å². The summed E-state index contributed by atoms with van der Waals surface area (Å²) < 4.78 is 25.3. The summed E-state index contributed by atoms with van der Waals surface area (Å²) in [5.74, 6) is -0.241. The van der Waals surface area contributed by atoms with E-state index in [0.717, 1.165) is 30.5 Å². The number of carbonyl (C=O) groups excluding carboxylic acids is 1. The van der Waals surface area contributed by atoms with Gasteiger partial charge in [0.1, 0.15) is 0 Å². The van der Waals surface area contributed by atoms with Gasteiger partial charge in [0.15, 0.2) is 0 Å². The van der Waals surface area contributed by atoms with Crippen molar-refractivity contribution in [2.24, 2.45) is 0 Å². The van der Waals surface area contributed by atoms with Crippen LogP contribution in [0.3, 0.4) is 0 Å². The van der Waals surface area contributed by atoms with E-state index >= 15 is 0 Å². The topological polar surface area (TPSA) is 87.3 Å². The van der Waals surface area contributed by atoms with Crippen molar-refractivity contribution in [2.75, 3.05) is 11.0 Å². The minimum Gasteiger partial charge on any atom is -0.348 e. The summed E-state index contributed by atoms with van der Waals surface area (Å²) >= 11 is 0. The van der Waals surface area contributed by atoms with E-state index in [9.17, 15) is 13.2 Å². The summed E-state index contributed by atoms with van der Waals surface area (Å²) in [6.45, 7) is 3.96. The Morgan fingerprint density at radius 2 is 1.85 bits per heavy atom. The van der Waals surface area contributed by atoms with E-state index in [2.05, 4.69) is 27.5 Å². The van der Waals surface area contributed by atoms with Crippen LogP contribution in [0, 0.1) is 6.92 Å². The summed E-state index contributed by atoms with van der Waals surface area (Å²) in [5, 5.41) is 6.17. The van der Waals surface area contributed by atoms with Gasteiger partial charge in [0.25, 0.3) is 5.91 Å². The van der Waals surface area contributed by atoms with Crippen LogP contribution in [0.15, 0.2) is 36.4 Å². The van der Waals surface area contributed by atoms with Crippen molar-refractivity contribution in [3.63, 3.8) is 0 Å². The van der Waals surface area contributed by atoms with E-state index in [-0.39, 0.29) is 18.3 Å². The van der Waals surface area contributed by atoms with Gasteiger partial charge in [-0.05, 0) is 41.3 Å². The largest absolute Gasteiger partial charge is 0.348 e. The maximum absolute atomic E-state index is 12.4. The summed E-state index contributed by atoms with van der Waals surface area (Å²) in [6, 6.07) is 11.2. The Balaban J connectivity index is 0.00000243. The third-order valence-corrected chi connectivity index (χ3v) is 4.74. The summed E-state index contributed by atoms with van der Waals surface area (Å²) in [6.07, 6.45) is 1.09. The van der Waals surface area contributed by atoms with Gasteiger partial charge >= 0.3 is 0 Å². The smallest absolute Gasteiger partial charge is 0.251 e. The van der Waals surface area contributed by atoms with Crippen LogP contribution in [-0.2, 0) is 29.7 Å². The van der Waals surface area contributed by atoms with E-state index in [1.165, 1.54) is 11.1 Å². The average molecular weight is 396 g/mol. The van der Waals surface area contributed by atoms with Crippen molar-refractivity contribution in [3.05, 3.63) is 64.2 Å². The number of rotatable bonds is 5. The van der Waals surface area contributed by atoms with Crippen LogP contribution in [0.5, 0.6) is 0 Å². The number of halogens is 1. The molecule has 0 atom stereocenters. The lowest BCUT2D eigenvalue weighted by atomic mass is 10.1. The number of fused-ring (bicyclic) bond motifs is 1. The van der Waals surface area contributed by atoms with Crippen molar-refractivity contribution in [1.29, 1.82) is 0 Å². The number of hydrogen-bond donors (Lipinski definition) is 3. The lowest BCUT2D eigenvalue weighted by Crippen LogP contribution is -2.23. The average Bonchev–Trinajstić information content (AvgIpc) is 3.01. The molecule has 0 fully saturated rings. The van der Waals surface area contributed by atoms with Crippen molar-refractivity contribution < 1.29 is 13.2 Å². The molecule has 140 valence electrons. The van der Waals surface area contributed by atoms with Crippen LogP contribution < -0.4 is 15.4 Å². The third kappa shape index (κ3) is 4.97. The second-order valence-electron chi connectivity index (χ2n) is 6.29. The first-order valence-electron chi connectivity index (χ1n) is 8.00. The Hall–Kier alpha value is -2.09. The molecule has 1 aliphatic rings. The quantitative estimate of drug-likeness (QED) is 0.725. The Kier molecular flexibility index (Phi) is 6.28. The predicted octanol–water partition coefficient (Wildman–Crippen LogP) is 2.32. The fourth-order valence-electron chi connectivity index (χ4n) is 2.82. The highest BCUT2D eigenvalue weighted by Gasteiger charge is 2.12. The Labute approximate surface area is 159 Å². The molecule has 26 heavy (non-hydrogen) atoms. The molecule has 8 heteroatoms. The summed E-state index contributed by atoms with van der Waals surface area (Å²) in [4.78, 5) is 12.4. The predicted molar refractivity (Wildman–Crippen MR) is 105 cm³/mol. The fourth-order valence-corrected chi connectivity index (χ4v) is 3.43. The molecule has 0 bridgehead atoms. The molecule has 0 saturated heterocycles. The van der Waals surface area contributed by atoms with E-state index in [4.69, 9.17) is 0 Å². The van der Waals surface area contributed by atoms with Crippen LogP contribution in [0.1, 0.15) is 32.6 Å². The van der Waals surface area contributed by atoms with Gasteiger partial charge < -0.3 is 10.6 Å². The second-order valence-corrected chi connectivity index (χ2v) is 8.04. The van der Waals surface area contributed by atoms with Gasteiger partial charge in [-0.15, -0.1) is 12.4 Å². The molecule has 0 aliphatic carbocycles. The van der Waals surface area contributed by atoms with E-state index < -0.39 is 10.0 Å². The van der Waals surface area contributed by atoms with Crippen LogP contribution >= 0.6 is 12.4 Å². The lowest BCUT2D eigenvalue weighted by molar-refractivity contribution is 0.0951. The highest BCUT2D eigenvalue weighted by Crippen LogP contribution is 2.19. The molecule has 0 spiro atoms. The van der Waals surface area contributed by atoms with Crippen molar-refractivity contribution >= 4 is 34.0 Å². The van der Waals surface area contributed by atoms with Gasteiger partial charge in [-0.2, -0.15) is 0 Å². The van der Waals surface area contributed by atoms with Gasteiger partial charge in [0.2, 0.25) is 10.0 Å². The van der Waals surface area contributed by atoms with Gasteiger partial charge in [0.05, 0.1) is 11.9 Å². The molecule has 1 amide bonds. The molecule has 3 N–H and O–H groups in total. The van der Waals surface area contributed by atoms with Crippen LogP contribution in [0.25, 0.3) is 0 Å². The molecular weight excluding hydrogens is 374 g/mol. The number of amides is 1. The zero-order chi connectivity index (χ0) is 18.0. The first-order chi connectivity index (χ1) is 11.8. The minimum absolute atomic E-state index is 0. The number of hydrogen-bond acceptors (Lipinski definition) is 4. The van der Waals surface area contributed by atoms with Crippen LogP contribution in [-0.4, -0.2) is 20.6 Å². The highest BCUT2D eigenvalue weighted by molar-refractivity contribution is 7.92. The monoisotopic (exact) mass is 395 g/mol. The van der Waals surface area contributed by atoms with Gasteiger partial charge in [0, 0.05) is 25.2 Å². The molecule has 2 aromatic carbocycles. The Morgan fingerprint density at radius 1 is 1.12 bits per heavy atom. The lowest BCUT2D eigenvalue weighted by Gasteiger charge is -2.11. The fraction of sp³-hybridized carbons (Fsp3) is 0.278. The summed E-state index contributed by atoms with van der Waals surface area (Å²) in [7, 11) is -3.39. The van der Waals surface area contributed by atoms with E-state index in [0.29, 0.717) is 17.8 Å². The standard InChI is InChI=1S/C18H21N3O3S.ClH/c1-12-3-5-14(8-17(12)21-25(2,23)24)18(22)20-9-13-4-6-15-10-19-11-16(15)7-13;/h3-8,19,21H,9-11H2,1-2H3,(H,20,22);1H. The molecule has 0 saturated carbocycles. The third-order valence-electron chi connectivity index (χ3n) is 4.15. The van der Waals surface area contributed by atoms with Gasteiger partial charge in [-0.1, -0.05) is 24.3 Å². The number of benzene rings is 2. The molecule has 1 heterocycles. The Morgan fingerprint density at radius 3 is 2.58 bits per heavy atom. The Bertz CT molecular complexity index is 929. The van der Waals surface area contributed by atoms with Gasteiger partial charge in [-0.3, -0.25) is 9.52 Å². The van der Waals surface area contributed by atoms with Crippen molar-refractivity contribution in [3.8, 4) is 0 Å². The van der Waals surface area contributed by atoms with E-state index in [1.54, 1.807) is 25.1 Å². The molecule has 1 aliphatic heterocycles. The number of carbonyl (C=O) groups is 1.